The second-order valence-electron chi connectivity index (χ2n) is 5.82. The first-order valence-electron chi connectivity index (χ1n) is 8.39. The highest BCUT2D eigenvalue weighted by Gasteiger charge is 2.10. The third-order valence-corrected chi connectivity index (χ3v) is 5.11. The molecule has 0 aliphatic heterocycles. The largest absolute Gasteiger partial charge is 0.497 e. The molecule has 6 nitrogen and oxygen atoms in total. The smallest absolute Gasteiger partial charge is 0.271 e. The van der Waals surface area contributed by atoms with Gasteiger partial charge < -0.3 is 14.2 Å². The van der Waals surface area contributed by atoms with Gasteiger partial charge in [-0.1, -0.05) is 12.1 Å². The monoisotopic (exact) mass is 490 g/mol. The number of carbonyl (C=O) groups excluding carboxylic acids is 1. The highest BCUT2D eigenvalue weighted by molar-refractivity contribution is 14.1. The van der Waals surface area contributed by atoms with E-state index in [2.05, 4.69) is 33.1 Å². The van der Waals surface area contributed by atoms with Crippen molar-refractivity contribution in [1.29, 1.82) is 0 Å². The Bertz CT molecular complexity index is 1040. The summed E-state index contributed by atoms with van der Waals surface area (Å²) in [5.74, 6) is 1.68. The minimum Gasteiger partial charge on any atom is -0.497 e. The SMILES string of the molecule is COc1ccc2ccc(OC)c(/C=N/NC(=O)c3ccc(I)c(OC)c3)c2c1. The van der Waals surface area contributed by atoms with Crippen molar-refractivity contribution in [3.63, 3.8) is 0 Å². The molecule has 0 saturated carbocycles. The number of benzene rings is 3. The van der Waals surface area contributed by atoms with E-state index in [4.69, 9.17) is 14.2 Å². The third-order valence-electron chi connectivity index (χ3n) is 4.22. The summed E-state index contributed by atoms with van der Waals surface area (Å²) in [6.45, 7) is 0. The lowest BCUT2D eigenvalue weighted by Gasteiger charge is -2.10. The highest BCUT2D eigenvalue weighted by atomic mass is 127. The van der Waals surface area contributed by atoms with E-state index in [-0.39, 0.29) is 5.91 Å². The predicted octanol–water partition coefficient (Wildman–Crippen LogP) is 4.23. The van der Waals surface area contributed by atoms with Crippen molar-refractivity contribution >= 4 is 45.5 Å². The number of fused-ring (bicyclic) bond motifs is 1. The second-order valence-corrected chi connectivity index (χ2v) is 6.98. The fourth-order valence-electron chi connectivity index (χ4n) is 2.76. The molecule has 1 amide bonds. The van der Waals surface area contributed by atoms with Gasteiger partial charge in [-0.25, -0.2) is 5.43 Å². The van der Waals surface area contributed by atoms with Gasteiger partial charge >= 0.3 is 0 Å². The van der Waals surface area contributed by atoms with Gasteiger partial charge in [0.2, 0.25) is 0 Å². The Morgan fingerprint density at radius 3 is 2.43 bits per heavy atom. The molecule has 3 aromatic rings. The van der Waals surface area contributed by atoms with Gasteiger partial charge in [-0.05, 0) is 69.8 Å². The van der Waals surface area contributed by atoms with Crippen molar-refractivity contribution in [3.8, 4) is 17.2 Å². The number of nitrogens with zero attached hydrogens (tertiary/aromatic N) is 1. The Labute approximate surface area is 176 Å². The Hall–Kier alpha value is -2.81. The van der Waals surface area contributed by atoms with Crippen LogP contribution in [-0.4, -0.2) is 33.5 Å². The van der Waals surface area contributed by atoms with Crippen LogP contribution in [-0.2, 0) is 0 Å². The first kappa shape index (κ1) is 19.9. The van der Waals surface area contributed by atoms with Crippen molar-refractivity contribution in [1.82, 2.24) is 5.43 Å². The highest BCUT2D eigenvalue weighted by Crippen LogP contribution is 2.29. The number of hydrogen-bond acceptors (Lipinski definition) is 5. The van der Waals surface area contributed by atoms with E-state index in [1.807, 2.05) is 36.4 Å². The summed E-state index contributed by atoms with van der Waals surface area (Å²) in [4.78, 5) is 12.4. The van der Waals surface area contributed by atoms with Gasteiger partial charge in [0.15, 0.2) is 0 Å². The van der Waals surface area contributed by atoms with E-state index in [9.17, 15) is 4.79 Å². The number of amides is 1. The molecular formula is C21H19IN2O4. The predicted molar refractivity (Wildman–Crippen MR) is 118 cm³/mol. The molecule has 0 radical (unpaired) electrons. The summed E-state index contributed by atoms with van der Waals surface area (Å²) in [7, 11) is 4.78. The normalized spacial score (nSPS) is 10.9. The lowest BCUT2D eigenvalue weighted by atomic mass is 10.0. The molecular weight excluding hydrogens is 471 g/mol. The molecule has 3 rings (SSSR count). The van der Waals surface area contributed by atoms with E-state index >= 15 is 0 Å². The molecule has 0 aliphatic carbocycles. The van der Waals surface area contributed by atoms with E-state index in [1.165, 1.54) is 0 Å². The van der Waals surface area contributed by atoms with Gasteiger partial charge in [-0.3, -0.25) is 4.79 Å². The van der Waals surface area contributed by atoms with Crippen LogP contribution in [0, 0.1) is 3.57 Å². The zero-order valence-electron chi connectivity index (χ0n) is 15.7. The van der Waals surface area contributed by atoms with Crippen LogP contribution in [0.3, 0.4) is 0 Å². The summed E-state index contributed by atoms with van der Waals surface area (Å²) in [5, 5.41) is 6.04. The molecule has 0 aromatic heterocycles. The molecule has 0 unspecified atom stereocenters. The average Bonchev–Trinajstić information content (AvgIpc) is 2.73. The van der Waals surface area contributed by atoms with Crippen molar-refractivity contribution in [3.05, 3.63) is 63.2 Å². The number of carbonyl (C=O) groups is 1. The standard InChI is InChI=1S/C21H19IN2O4/c1-26-15-7-4-13-6-9-19(27-2)17(16(13)11-15)12-23-24-21(25)14-5-8-18(22)20(10-14)28-3/h4-12H,1-3H3,(H,24,25)/b23-12+. The van der Waals surface area contributed by atoms with E-state index in [0.717, 1.165) is 25.7 Å². The van der Waals surface area contributed by atoms with Gasteiger partial charge in [0.1, 0.15) is 17.2 Å². The molecule has 0 saturated heterocycles. The van der Waals surface area contributed by atoms with Crippen molar-refractivity contribution in [2.24, 2.45) is 5.10 Å². The van der Waals surface area contributed by atoms with Crippen LogP contribution >= 0.6 is 22.6 Å². The fraction of sp³-hybridized carbons (Fsp3) is 0.143. The molecule has 7 heteroatoms. The quantitative estimate of drug-likeness (QED) is 0.319. The first-order chi connectivity index (χ1) is 13.6. The zero-order valence-corrected chi connectivity index (χ0v) is 17.8. The minimum atomic E-state index is -0.331. The van der Waals surface area contributed by atoms with Gasteiger partial charge in [-0.2, -0.15) is 5.10 Å². The Balaban J connectivity index is 1.89. The molecule has 1 N–H and O–H groups in total. The van der Waals surface area contributed by atoms with E-state index in [1.54, 1.807) is 39.7 Å². The van der Waals surface area contributed by atoms with Crippen molar-refractivity contribution in [2.75, 3.05) is 21.3 Å². The summed E-state index contributed by atoms with van der Waals surface area (Å²) in [6.07, 6.45) is 1.57. The van der Waals surface area contributed by atoms with Crippen molar-refractivity contribution < 1.29 is 19.0 Å². The maximum Gasteiger partial charge on any atom is 0.271 e. The molecule has 0 atom stereocenters. The van der Waals surface area contributed by atoms with E-state index < -0.39 is 0 Å². The Morgan fingerprint density at radius 2 is 1.71 bits per heavy atom. The Kier molecular flexibility index (Phi) is 6.35. The van der Waals surface area contributed by atoms with Crippen LogP contribution in [0.4, 0.5) is 0 Å². The van der Waals surface area contributed by atoms with Crippen LogP contribution in [0.1, 0.15) is 15.9 Å². The summed E-state index contributed by atoms with van der Waals surface area (Å²) in [6, 6.07) is 14.8. The third kappa shape index (κ3) is 4.19. The molecule has 0 aliphatic rings. The zero-order chi connectivity index (χ0) is 20.1. The van der Waals surface area contributed by atoms with Crippen molar-refractivity contribution in [2.45, 2.75) is 0 Å². The molecule has 3 aromatic carbocycles. The molecule has 28 heavy (non-hydrogen) atoms. The Morgan fingerprint density at radius 1 is 0.964 bits per heavy atom. The maximum absolute atomic E-state index is 12.4. The lowest BCUT2D eigenvalue weighted by Crippen LogP contribution is -2.17. The maximum atomic E-state index is 12.4. The number of hydrazone groups is 1. The fourth-order valence-corrected chi connectivity index (χ4v) is 3.32. The number of nitrogens with one attached hydrogen (secondary N) is 1. The number of halogens is 1. The summed E-state index contributed by atoms with van der Waals surface area (Å²) >= 11 is 2.15. The van der Waals surface area contributed by atoms with Gasteiger partial charge in [-0.15, -0.1) is 0 Å². The molecule has 0 bridgehead atoms. The average molecular weight is 490 g/mol. The lowest BCUT2D eigenvalue weighted by molar-refractivity contribution is 0.0954. The van der Waals surface area contributed by atoms with Gasteiger partial charge in [0.25, 0.3) is 5.91 Å². The molecule has 0 fully saturated rings. The van der Waals surface area contributed by atoms with Crippen LogP contribution in [0.2, 0.25) is 0 Å². The van der Waals surface area contributed by atoms with Crippen LogP contribution in [0.25, 0.3) is 10.8 Å². The number of hydrogen-bond donors (Lipinski definition) is 1. The summed E-state index contributed by atoms with van der Waals surface area (Å²) in [5.41, 5.74) is 3.76. The number of ether oxygens (including phenoxy) is 3. The van der Waals surface area contributed by atoms with Gasteiger partial charge in [0, 0.05) is 11.1 Å². The first-order valence-corrected chi connectivity index (χ1v) is 9.47. The number of rotatable bonds is 6. The van der Waals surface area contributed by atoms with Gasteiger partial charge in [0.05, 0.1) is 31.1 Å². The topological polar surface area (TPSA) is 69.2 Å². The van der Waals surface area contributed by atoms with Crippen LogP contribution in [0.15, 0.2) is 53.6 Å². The summed E-state index contributed by atoms with van der Waals surface area (Å²) < 4.78 is 16.9. The second kappa shape index (κ2) is 8.92. The molecule has 0 spiro atoms. The number of methoxy groups -OCH3 is 3. The minimum absolute atomic E-state index is 0.331. The van der Waals surface area contributed by atoms with Crippen LogP contribution in [0.5, 0.6) is 17.2 Å². The molecule has 0 heterocycles. The van der Waals surface area contributed by atoms with E-state index in [0.29, 0.717) is 17.1 Å². The van der Waals surface area contributed by atoms with Crippen LogP contribution < -0.4 is 19.6 Å². The molecule has 144 valence electrons.